The van der Waals surface area contributed by atoms with E-state index < -0.39 is 17.6 Å². The largest absolute Gasteiger partial charge is 0.365 e. The van der Waals surface area contributed by atoms with E-state index in [4.69, 9.17) is 5.73 Å². The number of hydrogen-bond donors (Lipinski definition) is 1. The number of aromatic nitrogens is 4. The van der Waals surface area contributed by atoms with E-state index in [1.807, 2.05) is 0 Å². The zero-order chi connectivity index (χ0) is 13.3. The summed E-state index contributed by atoms with van der Waals surface area (Å²) in [5.41, 5.74) is 5.00. The van der Waals surface area contributed by atoms with Crippen LogP contribution in [0.4, 0.5) is 4.39 Å². The Hall–Kier alpha value is -2.06. The maximum absolute atomic E-state index is 14.2. The van der Waals surface area contributed by atoms with E-state index >= 15 is 0 Å². The lowest BCUT2D eigenvalue weighted by Gasteiger charge is -2.27. The second kappa shape index (κ2) is 4.31. The maximum Gasteiger partial charge on any atom is 0.276 e. The van der Waals surface area contributed by atoms with Crippen molar-refractivity contribution in [2.75, 3.05) is 6.54 Å². The number of amides is 2. The van der Waals surface area contributed by atoms with Crippen molar-refractivity contribution in [3.8, 4) is 0 Å². The zero-order valence-corrected chi connectivity index (χ0v) is 9.84. The Labute approximate surface area is 102 Å². The molecule has 1 fully saturated rings. The van der Waals surface area contributed by atoms with Gasteiger partial charge in [0.1, 0.15) is 6.54 Å². The van der Waals surface area contributed by atoms with Crippen LogP contribution in [-0.4, -0.2) is 49.3 Å². The summed E-state index contributed by atoms with van der Waals surface area (Å²) >= 11 is 0. The van der Waals surface area contributed by atoms with Crippen LogP contribution >= 0.6 is 0 Å². The Bertz CT molecular complexity index is 489. The molecule has 18 heavy (non-hydrogen) atoms. The summed E-state index contributed by atoms with van der Waals surface area (Å²) in [7, 11) is 0. The minimum absolute atomic E-state index is 0.0715. The Morgan fingerprint density at radius 1 is 1.56 bits per heavy atom. The van der Waals surface area contributed by atoms with Gasteiger partial charge in [-0.2, -0.15) is 4.80 Å². The van der Waals surface area contributed by atoms with Gasteiger partial charge in [0.15, 0.2) is 5.82 Å². The van der Waals surface area contributed by atoms with Crippen molar-refractivity contribution in [3.05, 3.63) is 5.82 Å². The smallest absolute Gasteiger partial charge is 0.276 e. The number of aryl methyl sites for hydroxylation is 1. The predicted octanol–water partition coefficient (Wildman–Crippen LogP) is -1.24. The fourth-order valence-electron chi connectivity index (χ4n) is 1.96. The van der Waals surface area contributed by atoms with Crippen molar-refractivity contribution in [1.29, 1.82) is 0 Å². The third kappa shape index (κ3) is 2.03. The van der Waals surface area contributed by atoms with Crippen molar-refractivity contribution in [1.82, 2.24) is 25.1 Å². The van der Waals surface area contributed by atoms with E-state index in [2.05, 4.69) is 15.4 Å². The highest BCUT2D eigenvalue weighted by atomic mass is 19.1. The topological polar surface area (TPSA) is 107 Å². The Kier molecular flexibility index (Phi) is 2.97. The van der Waals surface area contributed by atoms with Gasteiger partial charge in [-0.3, -0.25) is 9.59 Å². The van der Waals surface area contributed by atoms with Crippen LogP contribution in [0.25, 0.3) is 0 Å². The Balaban J connectivity index is 2.11. The maximum atomic E-state index is 14.2. The number of tetrazole rings is 1. The first-order valence-corrected chi connectivity index (χ1v) is 5.47. The molecule has 1 atom stereocenters. The van der Waals surface area contributed by atoms with Crippen molar-refractivity contribution >= 4 is 11.8 Å². The summed E-state index contributed by atoms with van der Waals surface area (Å²) in [6.07, 6.45) is 0.326. The number of halogens is 1. The second-order valence-corrected chi connectivity index (χ2v) is 4.14. The van der Waals surface area contributed by atoms with Crippen molar-refractivity contribution in [3.63, 3.8) is 0 Å². The average Bonchev–Trinajstić information content (AvgIpc) is 2.86. The van der Waals surface area contributed by atoms with Gasteiger partial charge >= 0.3 is 0 Å². The molecule has 0 spiro atoms. The van der Waals surface area contributed by atoms with E-state index in [0.717, 1.165) is 9.70 Å². The van der Waals surface area contributed by atoms with Crippen LogP contribution in [0.15, 0.2) is 0 Å². The van der Waals surface area contributed by atoms with Gasteiger partial charge in [-0.1, -0.05) is 0 Å². The molecule has 1 aliphatic rings. The van der Waals surface area contributed by atoms with Crippen LogP contribution in [-0.2, 0) is 16.1 Å². The van der Waals surface area contributed by atoms with Gasteiger partial charge in [-0.05, 0) is 18.6 Å². The van der Waals surface area contributed by atoms with Crippen LogP contribution in [0, 0.1) is 6.92 Å². The number of primary amides is 1. The zero-order valence-electron chi connectivity index (χ0n) is 9.84. The predicted molar refractivity (Wildman–Crippen MR) is 56.5 cm³/mol. The molecular formula is C9H13FN6O2. The molecule has 2 heterocycles. The van der Waals surface area contributed by atoms with Crippen molar-refractivity contribution in [2.24, 2.45) is 5.73 Å². The standard InChI is InChI=1S/C9H13FN6O2/c1-6-12-14-16(13-6)5-7(17)15-4-2-3-9(15,10)8(11)18/h2-5H2,1H3,(H2,11,18). The molecule has 0 saturated carbocycles. The summed E-state index contributed by atoms with van der Waals surface area (Å²) in [4.78, 5) is 24.9. The van der Waals surface area contributed by atoms with Gasteiger partial charge < -0.3 is 10.6 Å². The number of alkyl halides is 1. The summed E-state index contributed by atoms with van der Waals surface area (Å²) in [5.74, 6) is -3.72. The molecular weight excluding hydrogens is 243 g/mol. The highest BCUT2D eigenvalue weighted by Gasteiger charge is 2.49. The van der Waals surface area contributed by atoms with E-state index in [1.54, 1.807) is 6.92 Å². The molecule has 1 aliphatic heterocycles. The van der Waals surface area contributed by atoms with Gasteiger partial charge in [0.2, 0.25) is 5.91 Å². The summed E-state index contributed by atoms with van der Waals surface area (Å²) in [6, 6.07) is 0. The first-order valence-electron chi connectivity index (χ1n) is 5.47. The quantitative estimate of drug-likeness (QED) is 0.680. The highest BCUT2D eigenvalue weighted by Crippen LogP contribution is 2.30. The molecule has 2 N–H and O–H groups in total. The number of likely N-dealkylation sites (tertiary alicyclic amines) is 1. The minimum atomic E-state index is -2.40. The van der Waals surface area contributed by atoms with E-state index in [-0.39, 0.29) is 19.5 Å². The number of hydrogen-bond acceptors (Lipinski definition) is 5. The summed E-state index contributed by atoms with van der Waals surface area (Å²) in [5, 5.41) is 11.0. The van der Waals surface area contributed by atoms with E-state index in [9.17, 15) is 14.0 Å². The molecule has 0 radical (unpaired) electrons. The third-order valence-corrected chi connectivity index (χ3v) is 2.83. The highest BCUT2D eigenvalue weighted by molar-refractivity contribution is 5.89. The molecule has 1 unspecified atom stereocenters. The second-order valence-electron chi connectivity index (χ2n) is 4.14. The number of nitrogens with two attached hydrogens (primary N) is 1. The Morgan fingerprint density at radius 3 is 2.83 bits per heavy atom. The first-order chi connectivity index (χ1) is 8.43. The molecule has 8 nitrogen and oxygen atoms in total. The summed E-state index contributed by atoms with van der Waals surface area (Å²) < 4.78 is 14.2. The lowest BCUT2D eigenvalue weighted by atomic mass is 10.1. The van der Waals surface area contributed by atoms with Gasteiger partial charge in [0, 0.05) is 13.0 Å². The monoisotopic (exact) mass is 256 g/mol. The van der Waals surface area contributed by atoms with Crippen molar-refractivity contribution < 1.29 is 14.0 Å². The molecule has 0 aromatic carbocycles. The van der Waals surface area contributed by atoms with E-state index in [1.165, 1.54) is 0 Å². The average molecular weight is 256 g/mol. The first kappa shape index (κ1) is 12.4. The van der Waals surface area contributed by atoms with E-state index in [0.29, 0.717) is 12.2 Å². The number of carbonyl (C=O) groups is 2. The van der Waals surface area contributed by atoms with Crippen molar-refractivity contribution in [2.45, 2.75) is 32.1 Å². The molecule has 1 aromatic rings. The molecule has 0 bridgehead atoms. The van der Waals surface area contributed by atoms with Crippen LogP contribution in [0.2, 0.25) is 0 Å². The van der Waals surface area contributed by atoms with Gasteiger partial charge in [-0.25, -0.2) is 4.39 Å². The fourth-order valence-corrected chi connectivity index (χ4v) is 1.96. The molecule has 98 valence electrons. The van der Waals surface area contributed by atoms with Gasteiger partial charge in [0.05, 0.1) is 0 Å². The minimum Gasteiger partial charge on any atom is -0.365 e. The van der Waals surface area contributed by atoms with Crippen LogP contribution in [0.3, 0.4) is 0 Å². The fraction of sp³-hybridized carbons (Fsp3) is 0.667. The van der Waals surface area contributed by atoms with Crippen LogP contribution in [0.1, 0.15) is 18.7 Å². The molecule has 2 rings (SSSR count). The van der Waals surface area contributed by atoms with Crippen LogP contribution < -0.4 is 5.73 Å². The van der Waals surface area contributed by atoms with Gasteiger partial charge in [-0.15, -0.1) is 10.2 Å². The summed E-state index contributed by atoms with van der Waals surface area (Å²) in [6.45, 7) is 1.51. The number of rotatable bonds is 3. The molecule has 2 amide bonds. The molecule has 0 aliphatic carbocycles. The molecule has 1 saturated heterocycles. The Morgan fingerprint density at radius 2 is 2.28 bits per heavy atom. The third-order valence-electron chi connectivity index (χ3n) is 2.83. The lowest BCUT2D eigenvalue weighted by molar-refractivity contribution is -0.154. The lowest BCUT2D eigenvalue weighted by Crippen LogP contribution is -2.53. The van der Waals surface area contributed by atoms with Crippen LogP contribution in [0.5, 0.6) is 0 Å². The SMILES string of the molecule is Cc1nnn(CC(=O)N2CCCC2(F)C(N)=O)n1. The molecule has 1 aromatic heterocycles. The van der Waals surface area contributed by atoms with Gasteiger partial charge in [0.25, 0.3) is 11.7 Å². The number of carbonyl (C=O) groups excluding carboxylic acids is 2. The molecule has 9 heteroatoms. The normalized spacial score (nSPS) is 23.3. The number of nitrogens with zero attached hydrogens (tertiary/aromatic N) is 5.